The number of alkyl halides is 3. The van der Waals surface area contributed by atoms with Gasteiger partial charge in [0.05, 0.1) is 32.0 Å². The highest BCUT2D eigenvalue weighted by atomic mass is 32.2. The van der Waals surface area contributed by atoms with Crippen molar-refractivity contribution in [3.63, 3.8) is 0 Å². The van der Waals surface area contributed by atoms with Gasteiger partial charge in [0, 0.05) is 29.3 Å². The van der Waals surface area contributed by atoms with Gasteiger partial charge < -0.3 is 23.4 Å². The van der Waals surface area contributed by atoms with Crippen LogP contribution in [0.3, 0.4) is 0 Å². The molecule has 0 fully saturated rings. The van der Waals surface area contributed by atoms with Gasteiger partial charge in [-0.2, -0.15) is 26.7 Å². The Bertz CT molecular complexity index is 1810. The van der Waals surface area contributed by atoms with Crippen LogP contribution in [0, 0.1) is 5.82 Å². The Kier molecular flexibility index (Phi) is 8.43. The highest BCUT2D eigenvalue weighted by Gasteiger charge is 2.50. The van der Waals surface area contributed by atoms with Gasteiger partial charge in [-0.25, -0.2) is 14.2 Å². The second kappa shape index (κ2) is 11.5. The Hall–Kier alpha value is -3.70. The van der Waals surface area contributed by atoms with Crippen molar-refractivity contribution in [2.24, 2.45) is 0 Å². The van der Waals surface area contributed by atoms with Crippen molar-refractivity contribution in [3.05, 3.63) is 46.9 Å². The molecule has 2 aliphatic rings. The number of rotatable bonds is 7. The van der Waals surface area contributed by atoms with Crippen LogP contribution in [0.15, 0.2) is 24.3 Å². The minimum absolute atomic E-state index is 0.0224. The normalized spacial score (nSPS) is 17.1. The first-order valence-electron chi connectivity index (χ1n) is 14.4. The summed E-state index contributed by atoms with van der Waals surface area (Å²) >= 11 is 0. The molecule has 0 bridgehead atoms. The molecule has 1 unspecified atom stereocenters. The SMILES string of the molecule is COc1cc(F)ccc1-c1c(-c2cc3n(n2)CCN(C(=O)O)C3)nc(OS(=O)(=O)C(F)(F)F)c2c1C(O[Si](C)(C)C(C)(C)C)CC2. The molecule has 1 amide bonds. The highest BCUT2D eigenvalue weighted by Crippen LogP contribution is 2.52. The number of amides is 1. The Balaban J connectivity index is 1.83. The molecule has 1 aromatic carbocycles. The van der Waals surface area contributed by atoms with Crippen molar-refractivity contribution < 1.29 is 49.2 Å². The van der Waals surface area contributed by atoms with Gasteiger partial charge in [-0.15, -0.1) is 0 Å². The summed E-state index contributed by atoms with van der Waals surface area (Å²) < 4.78 is 98.4. The summed E-state index contributed by atoms with van der Waals surface area (Å²) in [4.78, 5) is 17.2. The van der Waals surface area contributed by atoms with Crippen molar-refractivity contribution in [2.45, 2.75) is 76.4 Å². The van der Waals surface area contributed by atoms with E-state index in [0.29, 0.717) is 22.4 Å². The molecule has 1 N–H and O–H groups in total. The third-order valence-electron chi connectivity index (χ3n) is 8.74. The second-order valence-electron chi connectivity index (χ2n) is 12.7. The van der Waals surface area contributed by atoms with Crippen LogP contribution in [0.2, 0.25) is 18.1 Å². The zero-order chi connectivity index (χ0) is 34.0. The lowest BCUT2D eigenvalue weighted by molar-refractivity contribution is -0.0501. The number of fused-ring (bicyclic) bond motifs is 2. The Morgan fingerprint density at radius 1 is 1.13 bits per heavy atom. The standard InChI is InChI=1S/C29H34F4N4O7SSi/c1-28(2,3)46(5,6)44-21-10-9-19-23(21)24(18-8-7-16(30)13-22(18)42-4)25(34-26(19)43-45(40,41)29(31,32)33)20-14-17-15-36(27(38)39)11-12-37(17)35-20/h7-8,13-14,21H,9-12,15H2,1-6H3,(H,38,39). The highest BCUT2D eigenvalue weighted by molar-refractivity contribution is 7.88. The molecular weight excluding hydrogens is 652 g/mol. The summed E-state index contributed by atoms with van der Waals surface area (Å²) in [5, 5.41) is 13.8. The van der Waals surface area contributed by atoms with Crippen LogP contribution in [0.4, 0.5) is 22.4 Å². The molecule has 46 heavy (non-hydrogen) atoms. The van der Waals surface area contributed by atoms with Crippen molar-refractivity contribution in [2.75, 3.05) is 13.7 Å². The smallest absolute Gasteiger partial charge is 0.496 e. The number of methoxy groups -OCH3 is 1. The van der Waals surface area contributed by atoms with Crippen molar-refractivity contribution in [3.8, 4) is 34.1 Å². The van der Waals surface area contributed by atoms with E-state index in [1.165, 1.54) is 30.2 Å². The van der Waals surface area contributed by atoms with Crippen LogP contribution in [0.1, 0.15) is 50.1 Å². The van der Waals surface area contributed by atoms with Crippen molar-refractivity contribution in [1.82, 2.24) is 19.7 Å². The fraction of sp³-hybridized carbons (Fsp3) is 0.483. The number of aromatic nitrogens is 3. The van der Waals surface area contributed by atoms with Gasteiger partial charge in [0.25, 0.3) is 0 Å². The van der Waals surface area contributed by atoms with Gasteiger partial charge in [-0.1, -0.05) is 20.8 Å². The van der Waals surface area contributed by atoms with E-state index in [4.69, 9.17) is 13.3 Å². The molecule has 5 rings (SSSR count). The molecule has 0 saturated carbocycles. The van der Waals surface area contributed by atoms with Crippen LogP contribution in [-0.2, 0) is 34.1 Å². The molecule has 0 spiro atoms. The number of hydrogen-bond donors (Lipinski definition) is 1. The number of pyridine rings is 1. The summed E-state index contributed by atoms with van der Waals surface area (Å²) in [7, 11) is -7.34. The molecule has 11 nitrogen and oxygen atoms in total. The Morgan fingerprint density at radius 3 is 2.43 bits per heavy atom. The number of carboxylic acid groups (broad SMARTS) is 1. The number of hydrogen-bond acceptors (Lipinski definition) is 8. The minimum atomic E-state index is -6.13. The van der Waals surface area contributed by atoms with Crippen molar-refractivity contribution in [1.29, 1.82) is 0 Å². The van der Waals surface area contributed by atoms with Gasteiger partial charge in [-0.05, 0) is 54.7 Å². The summed E-state index contributed by atoms with van der Waals surface area (Å²) in [6, 6.07) is 5.30. The fourth-order valence-corrected chi connectivity index (χ4v) is 7.12. The van der Waals surface area contributed by atoms with Crippen LogP contribution in [0.5, 0.6) is 11.6 Å². The summed E-state index contributed by atoms with van der Waals surface area (Å²) in [5.41, 5.74) is -4.16. The van der Waals surface area contributed by atoms with E-state index < -0.39 is 47.8 Å². The maximum Gasteiger partial charge on any atom is 0.534 e. The zero-order valence-corrected chi connectivity index (χ0v) is 27.8. The Morgan fingerprint density at radius 2 is 1.83 bits per heavy atom. The number of halogens is 4. The molecule has 0 saturated heterocycles. The average molecular weight is 687 g/mol. The van der Waals surface area contributed by atoms with E-state index >= 15 is 0 Å². The third kappa shape index (κ3) is 6.06. The molecule has 1 aliphatic carbocycles. The second-order valence-corrected chi connectivity index (χ2v) is 19.0. The monoisotopic (exact) mass is 686 g/mol. The molecule has 2 aromatic heterocycles. The molecular formula is C29H34F4N4O7SSi. The van der Waals surface area contributed by atoms with Gasteiger partial charge in [0.2, 0.25) is 5.88 Å². The topological polar surface area (TPSA) is 133 Å². The quantitative estimate of drug-likeness (QED) is 0.128. The van der Waals surface area contributed by atoms with E-state index in [2.05, 4.69) is 10.1 Å². The fourth-order valence-electron chi connectivity index (χ4n) is 5.38. The maximum absolute atomic E-state index is 14.4. The maximum atomic E-state index is 14.4. The summed E-state index contributed by atoms with van der Waals surface area (Å²) in [5.74, 6) is -1.30. The van der Waals surface area contributed by atoms with E-state index in [-0.39, 0.29) is 60.2 Å². The van der Waals surface area contributed by atoms with E-state index in [1.54, 1.807) is 4.68 Å². The molecule has 250 valence electrons. The lowest BCUT2D eigenvalue weighted by atomic mass is 9.92. The van der Waals surface area contributed by atoms with Crippen LogP contribution in [-0.4, -0.2) is 66.8 Å². The van der Waals surface area contributed by atoms with Crippen LogP contribution in [0.25, 0.3) is 22.5 Å². The summed E-state index contributed by atoms with van der Waals surface area (Å²) in [6.45, 7) is 10.4. The predicted molar refractivity (Wildman–Crippen MR) is 161 cm³/mol. The summed E-state index contributed by atoms with van der Waals surface area (Å²) in [6.07, 6.45) is -1.51. The lowest BCUT2D eigenvalue weighted by Crippen LogP contribution is -2.41. The number of benzene rings is 1. The largest absolute Gasteiger partial charge is 0.534 e. The average Bonchev–Trinajstić information content (AvgIpc) is 3.55. The minimum Gasteiger partial charge on any atom is -0.496 e. The van der Waals surface area contributed by atoms with Gasteiger partial charge in [0.15, 0.2) is 8.32 Å². The first-order valence-corrected chi connectivity index (χ1v) is 18.7. The number of nitrogens with zero attached hydrogens (tertiary/aromatic N) is 4. The lowest BCUT2D eigenvalue weighted by Gasteiger charge is -2.39. The van der Waals surface area contributed by atoms with Gasteiger partial charge in [0.1, 0.15) is 23.0 Å². The molecule has 0 radical (unpaired) electrons. The van der Waals surface area contributed by atoms with E-state index in [1.807, 2.05) is 33.9 Å². The van der Waals surface area contributed by atoms with Gasteiger partial charge >= 0.3 is 21.7 Å². The number of carbonyl (C=O) groups is 1. The zero-order valence-electron chi connectivity index (χ0n) is 26.0. The number of ether oxygens (including phenoxy) is 1. The Labute approximate surface area is 264 Å². The molecule has 3 heterocycles. The van der Waals surface area contributed by atoms with Gasteiger partial charge in [-0.3, -0.25) is 4.68 Å². The molecule has 17 heteroatoms. The molecule has 1 atom stereocenters. The van der Waals surface area contributed by atoms with Crippen LogP contribution < -0.4 is 8.92 Å². The molecule has 3 aromatic rings. The first-order chi connectivity index (χ1) is 21.2. The van der Waals surface area contributed by atoms with Crippen LogP contribution >= 0.6 is 0 Å². The van der Waals surface area contributed by atoms with Crippen molar-refractivity contribution >= 4 is 24.5 Å². The predicted octanol–water partition coefficient (Wildman–Crippen LogP) is 6.49. The first kappa shape index (κ1) is 33.7. The van der Waals surface area contributed by atoms with E-state index in [0.717, 1.165) is 6.07 Å². The van der Waals surface area contributed by atoms with E-state index in [9.17, 15) is 35.9 Å². The molecule has 1 aliphatic heterocycles. The third-order valence-corrected chi connectivity index (χ3v) is 14.2.